The Morgan fingerprint density at radius 3 is 2.59 bits per heavy atom. The van der Waals surface area contributed by atoms with Gasteiger partial charge in [-0.2, -0.15) is 0 Å². The summed E-state index contributed by atoms with van der Waals surface area (Å²) in [4.78, 5) is 15.7. The van der Waals surface area contributed by atoms with E-state index in [0.29, 0.717) is 30.8 Å². The first-order valence-electron chi connectivity index (χ1n) is 12.3. The Labute approximate surface area is 195 Å². The smallest absolute Gasteiger partial charge is 0.223 e. The van der Waals surface area contributed by atoms with E-state index in [0.717, 1.165) is 31.6 Å². The minimum Gasteiger partial charge on any atom is -0.497 e. The molecule has 1 aliphatic rings. The summed E-state index contributed by atoms with van der Waals surface area (Å²) in [7, 11) is 1.70. The number of hydrogen-bond donors (Lipinski definition) is 0. The molecule has 1 saturated carbocycles. The first-order chi connectivity index (χ1) is 15.2. The lowest BCUT2D eigenvalue weighted by molar-refractivity contribution is -0.136. The number of methoxy groups -OCH3 is 1. The van der Waals surface area contributed by atoms with Gasteiger partial charge in [0.05, 0.1) is 13.7 Å². The van der Waals surface area contributed by atoms with E-state index in [4.69, 9.17) is 4.74 Å². The van der Waals surface area contributed by atoms with Gasteiger partial charge in [0, 0.05) is 30.9 Å². The van der Waals surface area contributed by atoms with Crippen molar-refractivity contribution in [1.82, 2.24) is 9.47 Å². The molecular formula is C28H42N2O2. The molecule has 1 aliphatic carbocycles. The molecule has 2 aromatic rings. The predicted octanol–water partition coefficient (Wildman–Crippen LogP) is 6.67. The second-order valence-corrected chi connectivity index (χ2v) is 10.9. The first-order valence-corrected chi connectivity index (χ1v) is 12.3. The van der Waals surface area contributed by atoms with Gasteiger partial charge in [-0.3, -0.25) is 4.79 Å². The number of benzene rings is 1. The van der Waals surface area contributed by atoms with E-state index >= 15 is 0 Å². The van der Waals surface area contributed by atoms with Crippen LogP contribution in [0.25, 0.3) is 0 Å². The molecule has 1 atom stereocenters. The van der Waals surface area contributed by atoms with Crippen molar-refractivity contribution in [1.29, 1.82) is 0 Å². The number of hydrogen-bond acceptors (Lipinski definition) is 2. The van der Waals surface area contributed by atoms with E-state index in [1.54, 1.807) is 7.11 Å². The van der Waals surface area contributed by atoms with Crippen LogP contribution in [0.3, 0.4) is 0 Å². The molecule has 0 saturated heterocycles. The van der Waals surface area contributed by atoms with Crippen LogP contribution in [-0.4, -0.2) is 28.5 Å². The zero-order valence-corrected chi connectivity index (χ0v) is 20.8. The van der Waals surface area contributed by atoms with E-state index < -0.39 is 0 Å². The molecule has 0 aliphatic heterocycles. The largest absolute Gasteiger partial charge is 0.497 e. The van der Waals surface area contributed by atoms with Gasteiger partial charge in [-0.15, -0.1) is 0 Å². The van der Waals surface area contributed by atoms with Gasteiger partial charge >= 0.3 is 0 Å². The standard InChI is InChI=1S/C28H42N2O2/c1-22(19-28(2,3)4)17-27(31)30(24-12-7-6-8-13-24)21-25-14-10-16-29(25)20-23-11-9-15-26(18-23)32-5/h9-11,14-16,18,22,24H,6-8,12-13,17,19-21H2,1-5H3. The fourth-order valence-corrected chi connectivity index (χ4v) is 5.24. The van der Waals surface area contributed by atoms with Crippen molar-refractivity contribution >= 4 is 5.91 Å². The topological polar surface area (TPSA) is 34.5 Å². The molecule has 1 amide bonds. The van der Waals surface area contributed by atoms with Crippen molar-refractivity contribution in [2.24, 2.45) is 11.3 Å². The molecule has 0 radical (unpaired) electrons. The highest BCUT2D eigenvalue weighted by Crippen LogP contribution is 2.29. The Morgan fingerprint density at radius 1 is 1.16 bits per heavy atom. The summed E-state index contributed by atoms with van der Waals surface area (Å²) in [6.45, 7) is 10.5. The van der Waals surface area contributed by atoms with Gasteiger partial charge in [0.15, 0.2) is 0 Å². The Hall–Kier alpha value is -2.23. The Balaban J connectivity index is 1.75. The van der Waals surface area contributed by atoms with Crippen molar-refractivity contribution in [2.45, 2.75) is 91.8 Å². The lowest BCUT2D eigenvalue weighted by Gasteiger charge is -2.36. The van der Waals surface area contributed by atoms with E-state index in [1.807, 2.05) is 12.1 Å². The van der Waals surface area contributed by atoms with Crippen LogP contribution in [0, 0.1) is 11.3 Å². The molecule has 4 nitrogen and oxygen atoms in total. The summed E-state index contributed by atoms with van der Waals surface area (Å²) >= 11 is 0. The maximum atomic E-state index is 13.5. The van der Waals surface area contributed by atoms with Crippen LogP contribution in [0.1, 0.15) is 83.9 Å². The van der Waals surface area contributed by atoms with Gasteiger partial charge in [0.2, 0.25) is 5.91 Å². The summed E-state index contributed by atoms with van der Waals surface area (Å²) in [6, 6.07) is 12.9. The maximum absolute atomic E-state index is 13.5. The zero-order chi connectivity index (χ0) is 23.1. The van der Waals surface area contributed by atoms with Crippen LogP contribution in [0.5, 0.6) is 5.75 Å². The molecule has 1 aromatic heterocycles. The van der Waals surface area contributed by atoms with Gasteiger partial charge in [-0.25, -0.2) is 0 Å². The van der Waals surface area contributed by atoms with Gasteiger partial charge < -0.3 is 14.2 Å². The normalized spacial score (nSPS) is 16.0. The summed E-state index contributed by atoms with van der Waals surface area (Å²) < 4.78 is 7.66. The summed E-state index contributed by atoms with van der Waals surface area (Å²) in [5.74, 6) is 1.60. The van der Waals surface area contributed by atoms with Crippen molar-refractivity contribution < 1.29 is 9.53 Å². The Kier molecular flexibility index (Phi) is 8.44. The highest BCUT2D eigenvalue weighted by molar-refractivity contribution is 5.76. The van der Waals surface area contributed by atoms with Crippen molar-refractivity contribution in [3.63, 3.8) is 0 Å². The SMILES string of the molecule is COc1cccc(Cn2cccc2CN(C(=O)CC(C)CC(C)(C)C)C2CCCCC2)c1. The van der Waals surface area contributed by atoms with Crippen LogP contribution in [0.4, 0.5) is 0 Å². The van der Waals surface area contributed by atoms with Gasteiger partial charge in [-0.05, 0) is 60.4 Å². The number of nitrogens with zero attached hydrogens (tertiary/aromatic N) is 2. The number of carbonyl (C=O) groups is 1. The van der Waals surface area contributed by atoms with Crippen molar-refractivity contribution in [3.05, 3.63) is 53.9 Å². The highest BCUT2D eigenvalue weighted by atomic mass is 16.5. The third-order valence-corrected chi connectivity index (χ3v) is 6.56. The first kappa shape index (κ1) is 24.4. The third kappa shape index (κ3) is 7.15. The lowest BCUT2D eigenvalue weighted by atomic mass is 9.84. The molecule has 32 heavy (non-hydrogen) atoms. The maximum Gasteiger partial charge on any atom is 0.223 e. The molecule has 1 aromatic carbocycles. The van der Waals surface area contributed by atoms with Gasteiger partial charge in [0.25, 0.3) is 0 Å². The second kappa shape index (κ2) is 11.1. The molecule has 0 spiro atoms. The number of ether oxygens (including phenoxy) is 1. The Morgan fingerprint density at radius 2 is 1.91 bits per heavy atom. The van der Waals surface area contributed by atoms with Crippen LogP contribution in [-0.2, 0) is 17.9 Å². The van der Waals surface area contributed by atoms with Crippen molar-refractivity contribution in [2.75, 3.05) is 7.11 Å². The molecule has 0 bridgehead atoms. The minimum absolute atomic E-state index is 0.251. The molecule has 3 rings (SSSR count). The van der Waals surface area contributed by atoms with Crippen LogP contribution in [0.15, 0.2) is 42.6 Å². The Bertz CT molecular complexity index is 858. The molecule has 4 heteroatoms. The molecule has 0 N–H and O–H groups in total. The number of amides is 1. The number of carbonyl (C=O) groups excluding carboxylic acids is 1. The van der Waals surface area contributed by atoms with E-state index in [1.165, 1.54) is 30.5 Å². The molecule has 1 fully saturated rings. The van der Waals surface area contributed by atoms with Crippen molar-refractivity contribution in [3.8, 4) is 5.75 Å². The van der Waals surface area contributed by atoms with E-state index in [9.17, 15) is 4.79 Å². The highest BCUT2D eigenvalue weighted by Gasteiger charge is 2.28. The van der Waals surface area contributed by atoms with Crippen LogP contribution < -0.4 is 4.74 Å². The predicted molar refractivity (Wildman–Crippen MR) is 132 cm³/mol. The third-order valence-electron chi connectivity index (χ3n) is 6.56. The van der Waals surface area contributed by atoms with Crippen LogP contribution in [0.2, 0.25) is 0 Å². The molecule has 1 unspecified atom stereocenters. The number of rotatable bonds is 9. The van der Waals surface area contributed by atoms with E-state index in [2.05, 4.69) is 67.6 Å². The molecule has 1 heterocycles. The fraction of sp³-hybridized carbons (Fsp3) is 0.607. The average Bonchev–Trinajstić information content (AvgIpc) is 3.17. The van der Waals surface area contributed by atoms with Gasteiger partial charge in [0.1, 0.15) is 5.75 Å². The minimum atomic E-state index is 0.251. The summed E-state index contributed by atoms with van der Waals surface area (Å²) in [5, 5.41) is 0. The lowest BCUT2D eigenvalue weighted by Crippen LogP contribution is -2.42. The molecular weight excluding hydrogens is 396 g/mol. The quantitative estimate of drug-likeness (QED) is 0.438. The number of aromatic nitrogens is 1. The van der Waals surface area contributed by atoms with Crippen LogP contribution >= 0.6 is 0 Å². The zero-order valence-electron chi connectivity index (χ0n) is 20.8. The second-order valence-electron chi connectivity index (χ2n) is 10.9. The fourth-order valence-electron chi connectivity index (χ4n) is 5.24. The van der Waals surface area contributed by atoms with Gasteiger partial charge in [-0.1, -0.05) is 59.1 Å². The average molecular weight is 439 g/mol. The summed E-state index contributed by atoms with van der Waals surface area (Å²) in [5.41, 5.74) is 2.66. The summed E-state index contributed by atoms with van der Waals surface area (Å²) in [6.07, 6.45) is 9.87. The monoisotopic (exact) mass is 438 g/mol. The molecule has 176 valence electrons. The van der Waals surface area contributed by atoms with E-state index in [-0.39, 0.29) is 5.41 Å².